The smallest absolute Gasteiger partial charge is 0.0456 e. The molecule has 1 fully saturated rings. The van der Waals surface area contributed by atoms with E-state index in [-0.39, 0.29) is 0 Å². The largest absolute Gasteiger partial charge is 0.304 e. The highest BCUT2D eigenvalue weighted by molar-refractivity contribution is 4.79. The topological polar surface area (TPSA) is 24.1 Å². The molecule has 1 heterocycles. The molecule has 2 nitrogen and oxygen atoms in total. The predicted molar refractivity (Wildman–Crippen MR) is 55.2 cm³/mol. The third kappa shape index (κ3) is 4.73. The Balaban J connectivity index is 0.000000561. The van der Waals surface area contributed by atoms with E-state index in [9.17, 15) is 0 Å². The first-order valence-corrected chi connectivity index (χ1v) is 5.04. The fourth-order valence-electron chi connectivity index (χ4n) is 1.62. The molecule has 1 rings (SSSR count). The standard InChI is InChI=1S/C8H18N2.C2H6/c1-7-4-8(2,3)5-9-6-10-7;1-2/h7,9-10H,4-6H2,1-3H3;1-2H3. The van der Waals surface area contributed by atoms with E-state index in [0.29, 0.717) is 11.5 Å². The third-order valence-corrected chi connectivity index (χ3v) is 2.04. The molecule has 0 radical (unpaired) electrons. The average Bonchev–Trinajstić information content (AvgIpc) is 2.14. The van der Waals surface area contributed by atoms with E-state index in [0.717, 1.165) is 13.2 Å². The van der Waals surface area contributed by atoms with Gasteiger partial charge in [0.1, 0.15) is 0 Å². The van der Waals surface area contributed by atoms with Crippen molar-refractivity contribution in [2.45, 2.75) is 47.1 Å². The first kappa shape index (κ1) is 11.9. The van der Waals surface area contributed by atoms with Crippen LogP contribution in [0, 0.1) is 5.41 Å². The van der Waals surface area contributed by atoms with Gasteiger partial charge in [-0.2, -0.15) is 0 Å². The summed E-state index contributed by atoms with van der Waals surface area (Å²) in [5, 5.41) is 6.75. The van der Waals surface area contributed by atoms with E-state index in [2.05, 4.69) is 31.4 Å². The molecule has 0 spiro atoms. The summed E-state index contributed by atoms with van der Waals surface area (Å²) in [7, 11) is 0. The minimum Gasteiger partial charge on any atom is -0.304 e. The van der Waals surface area contributed by atoms with Crippen LogP contribution in [0.1, 0.15) is 41.0 Å². The third-order valence-electron chi connectivity index (χ3n) is 2.04. The lowest BCUT2D eigenvalue weighted by Crippen LogP contribution is -2.31. The van der Waals surface area contributed by atoms with Gasteiger partial charge in [-0.15, -0.1) is 0 Å². The molecule has 0 amide bonds. The van der Waals surface area contributed by atoms with Gasteiger partial charge in [0.05, 0.1) is 0 Å². The van der Waals surface area contributed by atoms with Crippen molar-refractivity contribution >= 4 is 0 Å². The normalized spacial score (nSPS) is 28.2. The molecule has 2 N–H and O–H groups in total. The van der Waals surface area contributed by atoms with Gasteiger partial charge in [0.2, 0.25) is 0 Å². The highest BCUT2D eigenvalue weighted by Gasteiger charge is 2.22. The van der Waals surface area contributed by atoms with E-state index in [1.54, 1.807) is 0 Å². The minimum absolute atomic E-state index is 0.461. The van der Waals surface area contributed by atoms with E-state index < -0.39 is 0 Å². The first-order valence-electron chi connectivity index (χ1n) is 5.04. The fraction of sp³-hybridized carbons (Fsp3) is 1.00. The van der Waals surface area contributed by atoms with Crippen molar-refractivity contribution in [1.82, 2.24) is 10.6 Å². The van der Waals surface area contributed by atoms with Crippen molar-refractivity contribution in [1.29, 1.82) is 0 Å². The predicted octanol–water partition coefficient (Wildman–Crippen LogP) is 1.97. The van der Waals surface area contributed by atoms with E-state index in [1.807, 2.05) is 13.8 Å². The van der Waals surface area contributed by atoms with E-state index in [4.69, 9.17) is 0 Å². The van der Waals surface area contributed by atoms with Gasteiger partial charge in [-0.3, -0.25) is 0 Å². The maximum Gasteiger partial charge on any atom is 0.0456 e. The summed E-state index contributed by atoms with van der Waals surface area (Å²) >= 11 is 0. The molecule has 0 aromatic carbocycles. The number of rotatable bonds is 0. The Morgan fingerprint density at radius 2 is 1.83 bits per heavy atom. The highest BCUT2D eigenvalue weighted by atomic mass is 15.1. The van der Waals surface area contributed by atoms with Crippen LogP contribution in [0.15, 0.2) is 0 Å². The van der Waals surface area contributed by atoms with Gasteiger partial charge in [-0.05, 0) is 18.8 Å². The van der Waals surface area contributed by atoms with Gasteiger partial charge in [0.15, 0.2) is 0 Å². The summed E-state index contributed by atoms with van der Waals surface area (Å²) in [5.74, 6) is 0. The van der Waals surface area contributed by atoms with E-state index in [1.165, 1.54) is 6.42 Å². The van der Waals surface area contributed by atoms with Crippen molar-refractivity contribution in [2.75, 3.05) is 13.2 Å². The Morgan fingerprint density at radius 1 is 1.25 bits per heavy atom. The van der Waals surface area contributed by atoms with Crippen LogP contribution in [-0.2, 0) is 0 Å². The maximum atomic E-state index is 3.39. The zero-order valence-corrected chi connectivity index (χ0v) is 9.20. The maximum absolute atomic E-state index is 3.39. The first-order chi connectivity index (χ1) is 5.60. The molecule has 0 aliphatic carbocycles. The molecular weight excluding hydrogens is 148 g/mol. The van der Waals surface area contributed by atoms with Gasteiger partial charge >= 0.3 is 0 Å². The number of nitrogens with one attached hydrogen (secondary N) is 2. The summed E-state index contributed by atoms with van der Waals surface area (Å²) in [4.78, 5) is 0. The Kier molecular flexibility index (Phi) is 5.51. The van der Waals surface area contributed by atoms with Gasteiger partial charge in [0, 0.05) is 19.3 Å². The quantitative estimate of drug-likeness (QED) is 0.584. The molecule has 1 unspecified atom stereocenters. The van der Waals surface area contributed by atoms with Gasteiger partial charge < -0.3 is 10.6 Å². The summed E-state index contributed by atoms with van der Waals surface area (Å²) in [5.41, 5.74) is 0.461. The average molecular weight is 172 g/mol. The number of hydrogen-bond acceptors (Lipinski definition) is 2. The molecule has 0 saturated carbocycles. The molecule has 0 bridgehead atoms. The SMILES string of the molecule is CC.CC1CC(C)(C)CNCN1. The second-order valence-electron chi connectivity index (χ2n) is 4.08. The fourth-order valence-corrected chi connectivity index (χ4v) is 1.62. The minimum atomic E-state index is 0.461. The van der Waals surface area contributed by atoms with Gasteiger partial charge in [-0.1, -0.05) is 27.7 Å². The molecule has 1 saturated heterocycles. The van der Waals surface area contributed by atoms with Crippen molar-refractivity contribution in [3.63, 3.8) is 0 Å². The second-order valence-corrected chi connectivity index (χ2v) is 4.08. The molecule has 0 aromatic rings. The van der Waals surface area contributed by atoms with Gasteiger partial charge in [0.25, 0.3) is 0 Å². The molecule has 12 heavy (non-hydrogen) atoms. The Bertz CT molecular complexity index is 110. The number of hydrogen-bond donors (Lipinski definition) is 2. The lowest BCUT2D eigenvalue weighted by atomic mass is 9.87. The summed E-state index contributed by atoms with van der Waals surface area (Å²) < 4.78 is 0. The molecule has 1 aliphatic rings. The van der Waals surface area contributed by atoms with Crippen molar-refractivity contribution < 1.29 is 0 Å². The van der Waals surface area contributed by atoms with Crippen molar-refractivity contribution in [3.05, 3.63) is 0 Å². The van der Waals surface area contributed by atoms with Crippen LogP contribution < -0.4 is 10.6 Å². The lowest BCUT2D eigenvalue weighted by molar-refractivity contribution is 0.318. The summed E-state index contributed by atoms with van der Waals surface area (Å²) in [6.45, 7) is 13.0. The monoisotopic (exact) mass is 172 g/mol. The van der Waals surface area contributed by atoms with Crippen LogP contribution in [0.3, 0.4) is 0 Å². The molecule has 74 valence electrons. The zero-order chi connectivity index (χ0) is 9.61. The molecular formula is C10H24N2. The van der Waals surface area contributed by atoms with Crippen LogP contribution in [0.25, 0.3) is 0 Å². The molecule has 1 aliphatic heterocycles. The Hall–Kier alpha value is -0.0800. The highest BCUT2D eigenvalue weighted by Crippen LogP contribution is 2.21. The van der Waals surface area contributed by atoms with Crippen molar-refractivity contribution in [3.8, 4) is 0 Å². The zero-order valence-electron chi connectivity index (χ0n) is 9.20. The van der Waals surface area contributed by atoms with Crippen LogP contribution >= 0.6 is 0 Å². The molecule has 1 atom stereocenters. The summed E-state index contributed by atoms with van der Waals surface area (Å²) in [6, 6.07) is 0.657. The Labute approximate surface area is 77.1 Å². The molecule has 0 aromatic heterocycles. The second kappa shape index (κ2) is 5.55. The van der Waals surface area contributed by atoms with Crippen LogP contribution in [0.4, 0.5) is 0 Å². The van der Waals surface area contributed by atoms with E-state index >= 15 is 0 Å². The van der Waals surface area contributed by atoms with Crippen LogP contribution in [-0.4, -0.2) is 19.3 Å². The van der Waals surface area contributed by atoms with Crippen LogP contribution in [0.5, 0.6) is 0 Å². The molecule has 2 heteroatoms. The Morgan fingerprint density at radius 3 is 2.42 bits per heavy atom. The van der Waals surface area contributed by atoms with Crippen LogP contribution in [0.2, 0.25) is 0 Å². The van der Waals surface area contributed by atoms with Gasteiger partial charge in [-0.25, -0.2) is 0 Å². The lowest BCUT2D eigenvalue weighted by Gasteiger charge is -2.23. The van der Waals surface area contributed by atoms with Crippen molar-refractivity contribution in [2.24, 2.45) is 5.41 Å². The summed E-state index contributed by atoms with van der Waals surface area (Å²) in [6.07, 6.45) is 1.26.